The molecule has 4 aromatic rings. The largest absolute Gasteiger partial charge is 0.494 e. The molecule has 2 aromatic carbocycles. The molecule has 210 valence electrons. The second-order valence-corrected chi connectivity index (χ2v) is 9.51. The summed E-state index contributed by atoms with van der Waals surface area (Å²) in [5, 5.41) is 17.9. The number of H-pyrrole nitrogens is 1. The fourth-order valence-corrected chi connectivity index (χ4v) is 4.61. The first kappa shape index (κ1) is 27.3. The molecule has 0 radical (unpaired) electrons. The highest BCUT2D eigenvalue weighted by Crippen LogP contribution is 2.39. The average Bonchev–Trinajstić information content (AvgIpc) is 3.58. The Labute approximate surface area is 228 Å². The second-order valence-electron chi connectivity index (χ2n) is 9.51. The third kappa shape index (κ3) is 5.70. The van der Waals surface area contributed by atoms with Crippen LogP contribution in [0.1, 0.15) is 32.7 Å². The number of aromatic nitrogens is 5. The number of anilines is 1. The van der Waals surface area contributed by atoms with Crippen molar-refractivity contribution in [3.63, 3.8) is 0 Å². The van der Waals surface area contributed by atoms with Gasteiger partial charge >= 0.3 is 6.18 Å². The minimum atomic E-state index is -4.61. The van der Waals surface area contributed by atoms with Crippen molar-refractivity contribution < 1.29 is 27.4 Å². The van der Waals surface area contributed by atoms with E-state index in [1.54, 1.807) is 35.3 Å². The lowest BCUT2D eigenvalue weighted by Gasteiger charge is -2.28. The number of rotatable bonds is 7. The van der Waals surface area contributed by atoms with Crippen LogP contribution in [-0.2, 0) is 17.5 Å². The van der Waals surface area contributed by atoms with E-state index in [0.29, 0.717) is 43.2 Å². The number of aromatic amines is 1. The van der Waals surface area contributed by atoms with Crippen LogP contribution in [0.2, 0.25) is 0 Å². The van der Waals surface area contributed by atoms with Gasteiger partial charge in [0.15, 0.2) is 0 Å². The Balaban J connectivity index is 1.46. The summed E-state index contributed by atoms with van der Waals surface area (Å²) in [6.07, 6.45) is -1.24. The summed E-state index contributed by atoms with van der Waals surface area (Å²) >= 11 is 0. The van der Waals surface area contributed by atoms with E-state index in [1.165, 1.54) is 7.11 Å². The van der Waals surface area contributed by atoms with Crippen molar-refractivity contribution >= 4 is 11.6 Å². The molecule has 13 heteroatoms. The van der Waals surface area contributed by atoms with Crippen molar-refractivity contribution in [2.24, 2.45) is 0 Å². The summed E-state index contributed by atoms with van der Waals surface area (Å²) in [5.41, 5.74) is 3.25. The van der Waals surface area contributed by atoms with Gasteiger partial charge < -0.3 is 14.8 Å². The molecule has 0 bridgehead atoms. The zero-order valence-electron chi connectivity index (χ0n) is 22.2. The Hall–Kier alpha value is -4.23. The van der Waals surface area contributed by atoms with E-state index in [0.717, 1.165) is 29.0 Å². The van der Waals surface area contributed by atoms with Gasteiger partial charge in [0.1, 0.15) is 11.4 Å². The molecule has 2 N–H and O–H groups in total. The van der Waals surface area contributed by atoms with Gasteiger partial charge in [-0.1, -0.05) is 11.3 Å². The second kappa shape index (κ2) is 11.1. The Kier molecular flexibility index (Phi) is 7.59. The van der Waals surface area contributed by atoms with E-state index >= 15 is 0 Å². The van der Waals surface area contributed by atoms with Gasteiger partial charge in [0, 0.05) is 42.0 Å². The molecular weight excluding hydrogens is 527 g/mol. The predicted octanol–water partition coefficient (Wildman–Crippen LogP) is 4.39. The molecule has 0 aliphatic carbocycles. The maximum atomic E-state index is 13.8. The smallest absolute Gasteiger partial charge is 0.416 e. The van der Waals surface area contributed by atoms with Crippen LogP contribution in [0, 0.1) is 13.8 Å². The van der Waals surface area contributed by atoms with Crippen molar-refractivity contribution in [1.82, 2.24) is 30.1 Å². The summed E-state index contributed by atoms with van der Waals surface area (Å²) in [4.78, 5) is 15.3. The number of methoxy groups -OCH3 is 1. The number of benzene rings is 2. The number of hydrogen-bond acceptors (Lipinski definition) is 7. The molecule has 0 unspecified atom stereocenters. The van der Waals surface area contributed by atoms with Gasteiger partial charge in [0.2, 0.25) is 0 Å². The van der Waals surface area contributed by atoms with E-state index in [9.17, 15) is 18.0 Å². The molecule has 0 atom stereocenters. The predicted molar refractivity (Wildman–Crippen MR) is 140 cm³/mol. The number of aryl methyl sites for hydroxylation is 2. The molecule has 10 nitrogen and oxygen atoms in total. The number of alkyl halides is 3. The monoisotopic (exact) mass is 555 g/mol. The first-order chi connectivity index (χ1) is 19.1. The summed E-state index contributed by atoms with van der Waals surface area (Å²) in [5.74, 6) is -0.418. The maximum Gasteiger partial charge on any atom is 0.416 e. The van der Waals surface area contributed by atoms with Gasteiger partial charge in [-0.25, -0.2) is 4.68 Å². The molecule has 1 aliphatic heterocycles. The number of carbonyl (C=O) groups excluding carboxylic acids is 1. The van der Waals surface area contributed by atoms with Gasteiger partial charge in [0.05, 0.1) is 49.7 Å². The van der Waals surface area contributed by atoms with Crippen LogP contribution in [0.15, 0.2) is 42.7 Å². The van der Waals surface area contributed by atoms with Crippen molar-refractivity contribution in [3.05, 3.63) is 70.7 Å². The number of amides is 1. The van der Waals surface area contributed by atoms with Crippen molar-refractivity contribution in [1.29, 1.82) is 0 Å². The Morgan fingerprint density at radius 2 is 1.95 bits per heavy atom. The summed E-state index contributed by atoms with van der Waals surface area (Å²) < 4.78 is 53.9. The normalized spacial score (nSPS) is 14.3. The number of nitrogens with zero attached hydrogens (tertiary/aromatic N) is 5. The summed E-state index contributed by atoms with van der Waals surface area (Å²) in [7, 11) is 1.37. The lowest BCUT2D eigenvalue weighted by atomic mass is 10.0. The van der Waals surface area contributed by atoms with Crippen LogP contribution >= 0.6 is 0 Å². The molecule has 40 heavy (non-hydrogen) atoms. The lowest BCUT2D eigenvalue weighted by Crippen LogP contribution is -2.35. The Bertz CT molecular complexity index is 1520. The molecule has 1 saturated heterocycles. The fraction of sp³-hybridized carbons (Fsp3) is 0.333. The summed E-state index contributed by atoms with van der Waals surface area (Å²) in [6.45, 7) is 6.10. The quantitative estimate of drug-likeness (QED) is 0.348. The van der Waals surface area contributed by atoms with E-state index < -0.39 is 17.6 Å². The molecule has 1 aliphatic rings. The summed E-state index contributed by atoms with van der Waals surface area (Å²) in [6, 6.07) is 6.91. The molecule has 2 aromatic heterocycles. The van der Waals surface area contributed by atoms with E-state index in [4.69, 9.17) is 9.47 Å². The van der Waals surface area contributed by atoms with E-state index in [2.05, 4.69) is 25.8 Å². The number of hydrogen-bond donors (Lipinski definition) is 2. The fourth-order valence-electron chi connectivity index (χ4n) is 4.61. The minimum absolute atomic E-state index is 0.0637. The van der Waals surface area contributed by atoms with Gasteiger partial charge in [-0.05, 0) is 43.7 Å². The van der Waals surface area contributed by atoms with Crippen LogP contribution in [0.5, 0.6) is 5.75 Å². The standard InChI is InChI=1S/C27H28F3N7O3/c1-16-4-5-18(11-24(16)37-15-23(34-35-37)21-13-31-33-17(21)2)26(38)32-22-12-20(27(28,29)30)10-19(25(22)39-3)14-36-6-8-40-9-7-36/h4-5,10-13,15H,6-9,14H2,1-3H3,(H,31,33)(H,32,38). The van der Waals surface area contributed by atoms with Crippen LogP contribution in [0.25, 0.3) is 16.9 Å². The minimum Gasteiger partial charge on any atom is -0.494 e. The van der Waals surface area contributed by atoms with E-state index in [1.807, 2.05) is 18.7 Å². The highest BCUT2D eigenvalue weighted by molar-refractivity contribution is 6.05. The number of nitrogens with one attached hydrogen (secondary N) is 2. The number of carbonyl (C=O) groups is 1. The molecular formula is C27H28F3N7O3. The highest BCUT2D eigenvalue weighted by Gasteiger charge is 2.33. The van der Waals surface area contributed by atoms with Gasteiger partial charge in [0.25, 0.3) is 5.91 Å². The first-order valence-corrected chi connectivity index (χ1v) is 12.6. The topological polar surface area (TPSA) is 110 Å². The zero-order chi connectivity index (χ0) is 28.4. The number of morpholine rings is 1. The molecule has 1 fully saturated rings. The van der Waals surface area contributed by atoms with Gasteiger partial charge in [-0.15, -0.1) is 5.10 Å². The Morgan fingerprint density at radius 3 is 2.62 bits per heavy atom. The SMILES string of the molecule is COc1c(CN2CCOCC2)cc(C(F)(F)F)cc1NC(=O)c1ccc(C)c(-n2cc(-c3cn[nH]c3C)nn2)c1. The maximum absolute atomic E-state index is 13.8. The van der Waals surface area contributed by atoms with Gasteiger partial charge in [-0.3, -0.25) is 14.8 Å². The van der Waals surface area contributed by atoms with E-state index in [-0.39, 0.29) is 23.5 Å². The third-order valence-corrected chi connectivity index (χ3v) is 6.76. The molecule has 0 spiro atoms. The van der Waals surface area contributed by atoms with Crippen molar-refractivity contribution in [2.75, 3.05) is 38.7 Å². The first-order valence-electron chi connectivity index (χ1n) is 12.6. The van der Waals surface area contributed by atoms with Crippen LogP contribution in [0.3, 0.4) is 0 Å². The molecule has 1 amide bonds. The molecule has 0 saturated carbocycles. The van der Waals surface area contributed by atoms with Crippen molar-refractivity contribution in [3.8, 4) is 22.7 Å². The van der Waals surface area contributed by atoms with Crippen LogP contribution in [-0.4, -0.2) is 69.4 Å². The third-order valence-electron chi connectivity index (χ3n) is 6.76. The molecule has 3 heterocycles. The average molecular weight is 556 g/mol. The zero-order valence-corrected chi connectivity index (χ0v) is 22.2. The lowest BCUT2D eigenvalue weighted by molar-refractivity contribution is -0.137. The van der Waals surface area contributed by atoms with Crippen molar-refractivity contribution in [2.45, 2.75) is 26.6 Å². The van der Waals surface area contributed by atoms with Crippen LogP contribution < -0.4 is 10.1 Å². The van der Waals surface area contributed by atoms with Crippen LogP contribution in [0.4, 0.5) is 18.9 Å². The highest BCUT2D eigenvalue weighted by atomic mass is 19.4. The number of ether oxygens (including phenoxy) is 2. The molecule has 5 rings (SSSR count). The Morgan fingerprint density at radius 1 is 1.18 bits per heavy atom. The number of halogens is 3. The van der Waals surface area contributed by atoms with Gasteiger partial charge in [-0.2, -0.15) is 18.3 Å².